The van der Waals surface area contributed by atoms with Crippen molar-refractivity contribution in [3.63, 3.8) is 0 Å². The SMILES string of the molecule is O=C(O)c1cc(F)ncc1-c1cc(Cl)c(Cl)cc1Cl. The molecular formula is C12H5Cl3FNO2. The van der Waals surface area contributed by atoms with E-state index in [1.54, 1.807) is 0 Å². The Bertz CT molecular complexity index is 676. The first kappa shape index (κ1) is 14.1. The molecule has 1 N–H and O–H groups in total. The van der Waals surface area contributed by atoms with Crippen LogP contribution in [0.2, 0.25) is 15.1 Å². The van der Waals surface area contributed by atoms with E-state index in [0.717, 1.165) is 12.3 Å². The molecule has 0 saturated carbocycles. The van der Waals surface area contributed by atoms with Crippen LogP contribution in [0.5, 0.6) is 0 Å². The van der Waals surface area contributed by atoms with Gasteiger partial charge in [0.15, 0.2) is 0 Å². The zero-order valence-electron chi connectivity index (χ0n) is 9.12. The van der Waals surface area contributed by atoms with E-state index in [4.69, 9.17) is 39.9 Å². The minimum Gasteiger partial charge on any atom is -0.478 e. The number of nitrogens with zero attached hydrogens (tertiary/aromatic N) is 1. The maximum atomic E-state index is 13.0. The molecule has 98 valence electrons. The van der Waals surface area contributed by atoms with Crippen LogP contribution < -0.4 is 0 Å². The summed E-state index contributed by atoms with van der Waals surface area (Å²) >= 11 is 17.7. The number of aromatic nitrogens is 1. The first-order chi connectivity index (χ1) is 8.90. The Labute approximate surface area is 122 Å². The van der Waals surface area contributed by atoms with Crippen molar-refractivity contribution in [3.05, 3.63) is 51.0 Å². The van der Waals surface area contributed by atoms with Gasteiger partial charge in [-0.05, 0) is 12.1 Å². The van der Waals surface area contributed by atoms with Crippen LogP contribution in [0, 0.1) is 5.95 Å². The Balaban J connectivity index is 2.72. The van der Waals surface area contributed by atoms with E-state index < -0.39 is 11.9 Å². The van der Waals surface area contributed by atoms with E-state index in [1.807, 2.05) is 0 Å². The quantitative estimate of drug-likeness (QED) is 0.652. The molecule has 0 amide bonds. The minimum atomic E-state index is -1.29. The van der Waals surface area contributed by atoms with E-state index in [1.165, 1.54) is 12.1 Å². The third kappa shape index (κ3) is 2.81. The molecule has 0 radical (unpaired) electrons. The van der Waals surface area contributed by atoms with Crippen molar-refractivity contribution in [2.45, 2.75) is 0 Å². The first-order valence-corrected chi connectivity index (χ1v) is 6.07. The van der Waals surface area contributed by atoms with E-state index in [0.29, 0.717) is 5.56 Å². The van der Waals surface area contributed by atoms with Crippen molar-refractivity contribution >= 4 is 40.8 Å². The van der Waals surface area contributed by atoms with Gasteiger partial charge in [0.25, 0.3) is 0 Å². The van der Waals surface area contributed by atoms with Gasteiger partial charge in [-0.1, -0.05) is 34.8 Å². The van der Waals surface area contributed by atoms with Gasteiger partial charge in [-0.2, -0.15) is 4.39 Å². The second kappa shape index (κ2) is 5.33. The molecule has 0 aliphatic carbocycles. The lowest BCUT2D eigenvalue weighted by Gasteiger charge is -2.09. The number of carboxylic acids is 1. The predicted octanol–water partition coefficient (Wildman–Crippen LogP) is 4.55. The Kier molecular flexibility index (Phi) is 3.94. The predicted molar refractivity (Wildman–Crippen MR) is 71.6 cm³/mol. The van der Waals surface area contributed by atoms with Crippen molar-refractivity contribution in [2.24, 2.45) is 0 Å². The van der Waals surface area contributed by atoms with Gasteiger partial charge < -0.3 is 5.11 Å². The molecule has 1 heterocycles. The average Bonchev–Trinajstić information content (AvgIpc) is 2.34. The van der Waals surface area contributed by atoms with Gasteiger partial charge in [-0.15, -0.1) is 0 Å². The lowest BCUT2D eigenvalue weighted by molar-refractivity contribution is 0.0697. The van der Waals surface area contributed by atoms with Crippen LogP contribution in [0.3, 0.4) is 0 Å². The summed E-state index contributed by atoms with van der Waals surface area (Å²) in [5, 5.41) is 9.72. The van der Waals surface area contributed by atoms with E-state index >= 15 is 0 Å². The number of carboxylic acid groups (broad SMARTS) is 1. The lowest BCUT2D eigenvalue weighted by Crippen LogP contribution is -2.02. The minimum absolute atomic E-state index is 0.164. The van der Waals surface area contributed by atoms with Crippen molar-refractivity contribution < 1.29 is 14.3 Å². The van der Waals surface area contributed by atoms with Gasteiger partial charge in [-0.25, -0.2) is 9.78 Å². The van der Waals surface area contributed by atoms with Crippen LogP contribution in [0.4, 0.5) is 4.39 Å². The Hall–Kier alpha value is -1.36. The highest BCUT2D eigenvalue weighted by Gasteiger charge is 2.17. The molecule has 2 rings (SSSR count). The number of pyridine rings is 1. The summed E-state index contributed by atoms with van der Waals surface area (Å²) in [7, 11) is 0. The third-order valence-electron chi connectivity index (χ3n) is 2.40. The van der Waals surface area contributed by atoms with Crippen LogP contribution in [0.1, 0.15) is 10.4 Å². The lowest BCUT2D eigenvalue weighted by atomic mass is 10.0. The highest BCUT2D eigenvalue weighted by Crippen LogP contribution is 2.36. The molecule has 0 aliphatic heterocycles. The van der Waals surface area contributed by atoms with Crippen molar-refractivity contribution in [1.82, 2.24) is 4.98 Å². The molecule has 0 atom stereocenters. The standard InChI is InChI=1S/C12H5Cl3FNO2/c13-8-3-10(15)9(14)1-5(8)7-4-17-11(16)2-6(7)12(18)19/h1-4H,(H,18,19). The van der Waals surface area contributed by atoms with E-state index in [9.17, 15) is 9.18 Å². The molecular weight excluding hydrogens is 315 g/mol. The number of hydrogen-bond acceptors (Lipinski definition) is 2. The second-order valence-corrected chi connectivity index (χ2v) is 4.83. The molecule has 3 nitrogen and oxygen atoms in total. The molecule has 0 fully saturated rings. The Morgan fingerprint density at radius 2 is 1.68 bits per heavy atom. The Morgan fingerprint density at radius 1 is 1.05 bits per heavy atom. The van der Waals surface area contributed by atoms with Crippen molar-refractivity contribution in [2.75, 3.05) is 0 Å². The molecule has 0 saturated heterocycles. The smallest absolute Gasteiger partial charge is 0.336 e. The molecule has 0 bridgehead atoms. The van der Waals surface area contributed by atoms with E-state index in [2.05, 4.69) is 4.98 Å². The van der Waals surface area contributed by atoms with Gasteiger partial charge in [0.1, 0.15) is 0 Å². The zero-order chi connectivity index (χ0) is 14.2. The molecule has 19 heavy (non-hydrogen) atoms. The van der Waals surface area contributed by atoms with Gasteiger partial charge in [0, 0.05) is 23.4 Å². The third-order valence-corrected chi connectivity index (χ3v) is 3.44. The molecule has 1 aromatic carbocycles. The van der Waals surface area contributed by atoms with Crippen LogP contribution in [-0.4, -0.2) is 16.1 Å². The van der Waals surface area contributed by atoms with Gasteiger partial charge in [0.2, 0.25) is 5.95 Å². The number of carbonyl (C=O) groups is 1. The maximum absolute atomic E-state index is 13.0. The number of benzene rings is 1. The number of rotatable bonds is 2. The maximum Gasteiger partial charge on any atom is 0.336 e. The molecule has 0 unspecified atom stereocenters. The number of halogens is 4. The molecule has 0 spiro atoms. The summed E-state index contributed by atoms with van der Waals surface area (Å²) in [4.78, 5) is 14.5. The van der Waals surface area contributed by atoms with E-state index in [-0.39, 0.29) is 26.2 Å². The van der Waals surface area contributed by atoms with Crippen molar-refractivity contribution in [1.29, 1.82) is 0 Å². The molecule has 7 heteroatoms. The summed E-state index contributed by atoms with van der Waals surface area (Å²) in [6.45, 7) is 0. The molecule has 0 aliphatic rings. The summed E-state index contributed by atoms with van der Waals surface area (Å²) in [5.74, 6) is -2.18. The summed E-state index contributed by atoms with van der Waals surface area (Å²) in [6.07, 6.45) is 1.09. The monoisotopic (exact) mass is 319 g/mol. The normalized spacial score (nSPS) is 10.5. The van der Waals surface area contributed by atoms with Crippen LogP contribution >= 0.6 is 34.8 Å². The highest BCUT2D eigenvalue weighted by atomic mass is 35.5. The fraction of sp³-hybridized carbons (Fsp3) is 0. The average molecular weight is 321 g/mol. The van der Waals surface area contributed by atoms with Crippen LogP contribution in [0.15, 0.2) is 24.4 Å². The van der Waals surface area contributed by atoms with Crippen molar-refractivity contribution in [3.8, 4) is 11.1 Å². The highest BCUT2D eigenvalue weighted by molar-refractivity contribution is 6.44. The fourth-order valence-corrected chi connectivity index (χ4v) is 2.20. The zero-order valence-corrected chi connectivity index (χ0v) is 11.4. The summed E-state index contributed by atoms with van der Waals surface area (Å²) < 4.78 is 13.0. The molecule has 1 aromatic heterocycles. The second-order valence-electron chi connectivity index (χ2n) is 3.60. The molecule has 2 aromatic rings. The summed E-state index contributed by atoms with van der Waals surface area (Å²) in [5.41, 5.74) is 0.228. The Morgan fingerprint density at radius 3 is 2.32 bits per heavy atom. The number of hydrogen-bond donors (Lipinski definition) is 1. The largest absolute Gasteiger partial charge is 0.478 e. The van der Waals surface area contributed by atoms with Crippen LogP contribution in [-0.2, 0) is 0 Å². The summed E-state index contributed by atoms with van der Waals surface area (Å²) in [6, 6.07) is 3.61. The topological polar surface area (TPSA) is 50.2 Å². The first-order valence-electron chi connectivity index (χ1n) is 4.94. The van der Waals surface area contributed by atoms with Gasteiger partial charge in [0.05, 0.1) is 20.6 Å². The van der Waals surface area contributed by atoms with Gasteiger partial charge in [-0.3, -0.25) is 0 Å². The number of aromatic carboxylic acids is 1. The van der Waals surface area contributed by atoms with Gasteiger partial charge >= 0.3 is 5.97 Å². The fourth-order valence-electron chi connectivity index (χ4n) is 1.55. The van der Waals surface area contributed by atoms with Crippen LogP contribution in [0.25, 0.3) is 11.1 Å².